The lowest BCUT2D eigenvalue weighted by atomic mass is 9.91. The van der Waals surface area contributed by atoms with Gasteiger partial charge in [-0.2, -0.15) is 10.2 Å². The van der Waals surface area contributed by atoms with Crippen molar-refractivity contribution in [1.82, 2.24) is 24.5 Å². The molecule has 202 valence electrons. The number of halogens is 2. The van der Waals surface area contributed by atoms with Gasteiger partial charge < -0.3 is 4.74 Å². The predicted molar refractivity (Wildman–Crippen MR) is 150 cm³/mol. The minimum Gasteiger partial charge on any atom is -0.443 e. The van der Waals surface area contributed by atoms with Gasteiger partial charge in [-0.15, -0.1) is 0 Å². The van der Waals surface area contributed by atoms with Crippen LogP contribution >= 0.6 is 23.2 Å². The number of aromatic nitrogens is 5. The lowest BCUT2D eigenvalue weighted by Crippen LogP contribution is -2.41. The average Bonchev–Trinajstić information content (AvgIpc) is 3.39. The molecule has 1 aromatic carbocycles. The Kier molecular flexibility index (Phi) is 6.63. The Bertz CT molecular complexity index is 1420. The zero-order valence-corrected chi connectivity index (χ0v) is 24.4. The summed E-state index contributed by atoms with van der Waals surface area (Å²) >= 11 is 12.8. The first-order valence-electron chi connectivity index (χ1n) is 12.9. The molecule has 10 heteroatoms. The first-order valence-corrected chi connectivity index (χ1v) is 13.7. The number of amides is 1. The SMILES string of the molecule is CC1=C(c2ncnn2C2CCC2)[C@@H](c2ccc(Cl)c(Cl)c2)n2nc(C(C)(C)C)cc2N1C(=O)OC(C)(C)C. The van der Waals surface area contributed by atoms with Gasteiger partial charge in [0.2, 0.25) is 0 Å². The third-order valence-electron chi connectivity index (χ3n) is 7.03. The maximum absolute atomic E-state index is 13.7. The second-order valence-electron chi connectivity index (χ2n) is 12.1. The van der Waals surface area contributed by atoms with Crippen LogP contribution in [0, 0.1) is 0 Å². The molecule has 3 aromatic rings. The summed E-state index contributed by atoms with van der Waals surface area (Å²) in [6.45, 7) is 13.8. The van der Waals surface area contributed by atoms with Gasteiger partial charge in [0.05, 0.1) is 21.8 Å². The Morgan fingerprint density at radius 2 is 1.74 bits per heavy atom. The summed E-state index contributed by atoms with van der Waals surface area (Å²) in [4.78, 5) is 20.1. The van der Waals surface area contributed by atoms with Crippen molar-refractivity contribution in [1.29, 1.82) is 0 Å². The third kappa shape index (κ3) is 4.73. The third-order valence-corrected chi connectivity index (χ3v) is 7.77. The van der Waals surface area contributed by atoms with E-state index in [4.69, 9.17) is 38.0 Å². The second kappa shape index (κ2) is 9.42. The number of ether oxygens (including phenoxy) is 1. The topological polar surface area (TPSA) is 78.1 Å². The Morgan fingerprint density at radius 1 is 1.03 bits per heavy atom. The van der Waals surface area contributed by atoms with Gasteiger partial charge >= 0.3 is 6.09 Å². The maximum atomic E-state index is 13.7. The number of rotatable bonds is 3. The summed E-state index contributed by atoms with van der Waals surface area (Å²) in [6, 6.07) is 7.40. The van der Waals surface area contributed by atoms with Crippen molar-refractivity contribution in [2.45, 2.75) is 90.8 Å². The van der Waals surface area contributed by atoms with E-state index in [9.17, 15) is 4.79 Å². The fourth-order valence-corrected chi connectivity index (χ4v) is 5.18. The molecule has 1 atom stereocenters. The van der Waals surface area contributed by atoms with Crippen LogP contribution in [0.15, 0.2) is 36.3 Å². The molecule has 0 N–H and O–H groups in total. The van der Waals surface area contributed by atoms with Crippen LogP contribution in [0.1, 0.15) is 96.9 Å². The average molecular weight is 558 g/mol. The molecule has 0 bridgehead atoms. The summed E-state index contributed by atoms with van der Waals surface area (Å²) in [5, 5.41) is 10.6. The van der Waals surface area contributed by atoms with Crippen molar-refractivity contribution in [3.8, 4) is 0 Å². The number of hydrogen-bond acceptors (Lipinski definition) is 5. The Hall–Kier alpha value is -2.84. The molecule has 1 fully saturated rings. The van der Waals surface area contributed by atoms with Gasteiger partial charge in [-0.05, 0) is 64.7 Å². The van der Waals surface area contributed by atoms with Crippen LogP contribution in [0.5, 0.6) is 0 Å². The Balaban J connectivity index is 1.80. The molecule has 3 heterocycles. The Morgan fingerprint density at radius 3 is 2.32 bits per heavy atom. The molecule has 5 rings (SSSR count). The van der Waals surface area contributed by atoms with E-state index in [1.165, 1.54) is 0 Å². The molecule has 1 aliphatic heterocycles. The minimum atomic E-state index is -0.679. The van der Waals surface area contributed by atoms with E-state index in [2.05, 4.69) is 25.9 Å². The first-order chi connectivity index (χ1) is 17.8. The van der Waals surface area contributed by atoms with Gasteiger partial charge in [-0.3, -0.25) is 0 Å². The largest absolute Gasteiger partial charge is 0.443 e. The number of carbonyl (C=O) groups excluding carboxylic acids is 1. The second-order valence-corrected chi connectivity index (χ2v) is 12.9. The van der Waals surface area contributed by atoms with E-state index in [0.29, 0.717) is 27.4 Å². The summed E-state index contributed by atoms with van der Waals surface area (Å²) in [6.07, 6.45) is 4.34. The number of carbonyl (C=O) groups is 1. The van der Waals surface area contributed by atoms with Crippen LogP contribution in [0.3, 0.4) is 0 Å². The lowest BCUT2D eigenvalue weighted by Gasteiger charge is -2.37. The quantitative estimate of drug-likeness (QED) is 0.332. The van der Waals surface area contributed by atoms with Crippen LogP contribution in [0.4, 0.5) is 10.6 Å². The highest BCUT2D eigenvalue weighted by atomic mass is 35.5. The van der Waals surface area contributed by atoms with Crippen molar-refractivity contribution in [3.63, 3.8) is 0 Å². The molecule has 0 spiro atoms. The van der Waals surface area contributed by atoms with E-state index in [1.807, 2.05) is 55.3 Å². The highest BCUT2D eigenvalue weighted by Gasteiger charge is 2.42. The molecule has 8 nitrogen and oxygen atoms in total. The molecule has 0 saturated heterocycles. The molecule has 0 unspecified atom stereocenters. The fourth-order valence-electron chi connectivity index (χ4n) is 4.87. The normalized spacial score (nSPS) is 18.4. The van der Waals surface area contributed by atoms with E-state index in [1.54, 1.807) is 17.3 Å². The lowest BCUT2D eigenvalue weighted by molar-refractivity contribution is 0.0588. The summed E-state index contributed by atoms with van der Waals surface area (Å²) < 4.78 is 9.75. The molecule has 1 saturated carbocycles. The molecule has 0 radical (unpaired) electrons. The Labute approximate surface area is 233 Å². The van der Waals surface area contributed by atoms with Crippen molar-refractivity contribution >= 4 is 40.7 Å². The van der Waals surface area contributed by atoms with Crippen molar-refractivity contribution in [2.75, 3.05) is 4.90 Å². The highest BCUT2D eigenvalue weighted by Crippen LogP contribution is 2.47. The van der Waals surface area contributed by atoms with Crippen molar-refractivity contribution in [3.05, 3.63) is 63.4 Å². The van der Waals surface area contributed by atoms with Crippen LogP contribution in [0.2, 0.25) is 10.0 Å². The fraction of sp³-hybridized carbons (Fsp3) is 0.500. The number of hydrogen-bond donors (Lipinski definition) is 0. The van der Waals surface area contributed by atoms with E-state index in [-0.39, 0.29) is 11.5 Å². The first kappa shape index (κ1) is 26.8. The van der Waals surface area contributed by atoms with Gasteiger partial charge in [0, 0.05) is 22.8 Å². The smallest absolute Gasteiger partial charge is 0.420 e. The van der Waals surface area contributed by atoms with Crippen molar-refractivity contribution in [2.24, 2.45) is 0 Å². The summed E-state index contributed by atoms with van der Waals surface area (Å²) in [5.41, 5.74) is 2.31. The number of fused-ring (bicyclic) bond motifs is 1. The van der Waals surface area contributed by atoms with Gasteiger partial charge in [-0.25, -0.2) is 24.0 Å². The zero-order chi connectivity index (χ0) is 27.6. The molecule has 1 aliphatic carbocycles. The van der Waals surface area contributed by atoms with E-state index >= 15 is 0 Å². The molecular weight excluding hydrogens is 523 g/mol. The maximum Gasteiger partial charge on any atom is 0.420 e. The zero-order valence-electron chi connectivity index (χ0n) is 22.9. The highest BCUT2D eigenvalue weighted by molar-refractivity contribution is 6.42. The summed E-state index contributed by atoms with van der Waals surface area (Å²) in [5.74, 6) is 1.33. The number of allylic oxidation sites excluding steroid dienone is 2. The van der Waals surface area contributed by atoms with Crippen LogP contribution in [-0.4, -0.2) is 36.2 Å². The standard InChI is InChI=1S/C28H34Cl2N6O2/c1-16-23(25-31-15-32-35(25)18-9-8-10-18)24(17-11-12-19(29)20(30)13-17)36-22(14-21(33-36)27(2,3)4)34(16)26(37)38-28(5,6)7/h11-15,18,24H,8-10H2,1-7H3/t24-/m1/s1. The molecule has 1 amide bonds. The molecule has 2 aromatic heterocycles. The monoisotopic (exact) mass is 556 g/mol. The van der Waals surface area contributed by atoms with Gasteiger partial charge in [-0.1, -0.05) is 50.0 Å². The van der Waals surface area contributed by atoms with E-state index < -0.39 is 17.7 Å². The van der Waals surface area contributed by atoms with Gasteiger partial charge in [0.25, 0.3) is 0 Å². The van der Waals surface area contributed by atoms with Gasteiger partial charge in [0.1, 0.15) is 23.8 Å². The van der Waals surface area contributed by atoms with Crippen molar-refractivity contribution < 1.29 is 9.53 Å². The van der Waals surface area contributed by atoms with Crippen LogP contribution < -0.4 is 4.90 Å². The van der Waals surface area contributed by atoms with Crippen LogP contribution in [-0.2, 0) is 10.2 Å². The minimum absolute atomic E-state index is 0.258. The number of nitrogens with zero attached hydrogens (tertiary/aromatic N) is 6. The van der Waals surface area contributed by atoms with E-state index in [0.717, 1.165) is 36.1 Å². The molecular formula is C28H34Cl2N6O2. The molecule has 2 aliphatic rings. The number of anilines is 1. The van der Waals surface area contributed by atoms with Crippen LogP contribution in [0.25, 0.3) is 5.57 Å². The predicted octanol–water partition coefficient (Wildman–Crippen LogP) is 7.58. The number of benzene rings is 1. The van der Waals surface area contributed by atoms with Gasteiger partial charge in [0.15, 0.2) is 5.82 Å². The molecule has 38 heavy (non-hydrogen) atoms. The summed E-state index contributed by atoms with van der Waals surface area (Å²) in [7, 11) is 0.